The zero-order chi connectivity index (χ0) is 17.1. The van der Waals surface area contributed by atoms with Crippen molar-refractivity contribution in [2.75, 3.05) is 10.6 Å². The van der Waals surface area contributed by atoms with E-state index in [1.54, 1.807) is 6.07 Å². The van der Waals surface area contributed by atoms with E-state index in [-0.39, 0.29) is 0 Å². The second-order valence-electron chi connectivity index (χ2n) is 6.07. The van der Waals surface area contributed by atoms with Gasteiger partial charge in [-0.25, -0.2) is 4.98 Å². The van der Waals surface area contributed by atoms with Crippen molar-refractivity contribution in [3.05, 3.63) is 53.4 Å². The average Bonchev–Trinajstić information content (AvgIpc) is 2.92. The van der Waals surface area contributed by atoms with Crippen molar-refractivity contribution < 1.29 is 4.52 Å². The van der Waals surface area contributed by atoms with Gasteiger partial charge in [-0.15, -0.1) is 0 Å². The van der Waals surface area contributed by atoms with Gasteiger partial charge < -0.3 is 15.2 Å². The SMILES string of the molecule is Cc1cc(Nc2ccc(C(C)C)cc2)nc(Nc2cc(C)on2)n1. The summed E-state index contributed by atoms with van der Waals surface area (Å²) >= 11 is 0. The fourth-order valence-corrected chi connectivity index (χ4v) is 2.33. The van der Waals surface area contributed by atoms with E-state index in [2.05, 4.69) is 63.9 Å². The minimum Gasteiger partial charge on any atom is -0.360 e. The van der Waals surface area contributed by atoms with E-state index in [0.717, 1.165) is 23.0 Å². The predicted octanol–water partition coefficient (Wildman–Crippen LogP) is 4.69. The Bertz CT molecular complexity index is 824. The molecule has 0 unspecified atom stereocenters. The summed E-state index contributed by atoms with van der Waals surface area (Å²) in [6.45, 7) is 8.12. The monoisotopic (exact) mass is 323 g/mol. The van der Waals surface area contributed by atoms with Gasteiger partial charge >= 0.3 is 0 Å². The van der Waals surface area contributed by atoms with Crippen LogP contribution in [0.1, 0.15) is 36.8 Å². The summed E-state index contributed by atoms with van der Waals surface area (Å²) in [7, 11) is 0. The van der Waals surface area contributed by atoms with Gasteiger partial charge in [0.1, 0.15) is 11.6 Å². The van der Waals surface area contributed by atoms with Crippen LogP contribution >= 0.6 is 0 Å². The number of rotatable bonds is 5. The van der Waals surface area contributed by atoms with Crippen LogP contribution < -0.4 is 10.6 Å². The molecule has 2 heterocycles. The zero-order valence-corrected chi connectivity index (χ0v) is 14.3. The van der Waals surface area contributed by atoms with Gasteiger partial charge in [0.25, 0.3) is 0 Å². The minimum atomic E-state index is 0.476. The third kappa shape index (κ3) is 3.90. The van der Waals surface area contributed by atoms with E-state index in [9.17, 15) is 0 Å². The van der Waals surface area contributed by atoms with Crippen molar-refractivity contribution in [2.45, 2.75) is 33.6 Å². The summed E-state index contributed by atoms with van der Waals surface area (Å²) in [4.78, 5) is 8.85. The maximum Gasteiger partial charge on any atom is 0.230 e. The first kappa shape index (κ1) is 16.0. The second-order valence-corrected chi connectivity index (χ2v) is 6.07. The van der Waals surface area contributed by atoms with Gasteiger partial charge in [0.2, 0.25) is 5.95 Å². The first-order valence-corrected chi connectivity index (χ1v) is 7.92. The molecule has 0 bridgehead atoms. The lowest BCUT2D eigenvalue weighted by Crippen LogP contribution is -2.02. The van der Waals surface area contributed by atoms with Crippen molar-refractivity contribution in [1.82, 2.24) is 15.1 Å². The molecule has 0 saturated heterocycles. The molecule has 6 nitrogen and oxygen atoms in total. The highest BCUT2D eigenvalue weighted by molar-refractivity contribution is 5.59. The molecule has 0 spiro atoms. The Balaban J connectivity index is 1.78. The van der Waals surface area contributed by atoms with E-state index in [1.165, 1.54) is 5.56 Å². The Kier molecular flexibility index (Phi) is 4.46. The van der Waals surface area contributed by atoms with Gasteiger partial charge in [0.05, 0.1) is 0 Å². The normalized spacial score (nSPS) is 10.9. The summed E-state index contributed by atoms with van der Waals surface area (Å²) in [5.41, 5.74) is 3.15. The predicted molar refractivity (Wildman–Crippen MR) is 95.1 cm³/mol. The smallest absolute Gasteiger partial charge is 0.230 e. The number of nitrogens with one attached hydrogen (secondary N) is 2. The molecule has 124 valence electrons. The molecule has 0 radical (unpaired) electrons. The molecule has 0 atom stereocenters. The van der Waals surface area contributed by atoms with Crippen molar-refractivity contribution in [3.8, 4) is 0 Å². The summed E-state index contributed by atoms with van der Waals surface area (Å²) in [5.74, 6) is 3.04. The van der Waals surface area contributed by atoms with Gasteiger partial charge in [-0.1, -0.05) is 31.1 Å². The fourth-order valence-electron chi connectivity index (χ4n) is 2.33. The number of hydrogen-bond donors (Lipinski definition) is 2. The largest absolute Gasteiger partial charge is 0.360 e. The van der Waals surface area contributed by atoms with Gasteiger partial charge in [-0.3, -0.25) is 0 Å². The van der Waals surface area contributed by atoms with Crippen LogP contribution in [0.2, 0.25) is 0 Å². The van der Waals surface area contributed by atoms with Crippen molar-refractivity contribution in [2.24, 2.45) is 0 Å². The highest BCUT2D eigenvalue weighted by atomic mass is 16.5. The van der Waals surface area contributed by atoms with Crippen LogP contribution in [-0.4, -0.2) is 15.1 Å². The van der Waals surface area contributed by atoms with E-state index in [0.29, 0.717) is 17.7 Å². The van der Waals surface area contributed by atoms with Gasteiger partial charge in [-0.2, -0.15) is 4.98 Å². The fraction of sp³-hybridized carbons (Fsp3) is 0.278. The van der Waals surface area contributed by atoms with E-state index >= 15 is 0 Å². The molecular formula is C18H21N5O. The molecule has 0 fully saturated rings. The Morgan fingerprint density at radius 2 is 1.67 bits per heavy atom. The molecule has 0 amide bonds. The molecule has 0 aliphatic rings. The van der Waals surface area contributed by atoms with Crippen LogP contribution in [-0.2, 0) is 0 Å². The van der Waals surface area contributed by atoms with Gasteiger partial charge in [0.15, 0.2) is 5.82 Å². The molecule has 6 heteroatoms. The molecular weight excluding hydrogens is 302 g/mol. The number of benzene rings is 1. The van der Waals surface area contributed by atoms with E-state index < -0.39 is 0 Å². The van der Waals surface area contributed by atoms with E-state index in [1.807, 2.05) is 19.9 Å². The molecule has 1 aromatic carbocycles. The molecule has 24 heavy (non-hydrogen) atoms. The lowest BCUT2D eigenvalue weighted by Gasteiger charge is -2.10. The van der Waals surface area contributed by atoms with E-state index in [4.69, 9.17) is 4.52 Å². The van der Waals surface area contributed by atoms with Crippen molar-refractivity contribution >= 4 is 23.3 Å². The Hall–Kier alpha value is -2.89. The summed E-state index contributed by atoms with van der Waals surface area (Å²) < 4.78 is 5.04. The van der Waals surface area contributed by atoms with Crippen LogP contribution in [0.4, 0.5) is 23.3 Å². The Morgan fingerprint density at radius 3 is 2.29 bits per heavy atom. The van der Waals surface area contributed by atoms with Crippen LogP contribution in [0.5, 0.6) is 0 Å². The highest BCUT2D eigenvalue weighted by Crippen LogP contribution is 2.21. The number of nitrogens with zero attached hydrogens (tertiary/aromatic N) is 3. The lowest BCUT2D eigenvalue weighted by molar-refractivity contribution is 0.400. The number of aromatic nitrogens is 3. The molecule has 2 N–H and O–H groups in total. The third-order valence-electron chi connectivity index (χ3n) is 3.57. The lowest BCUT2D eigenvalue weighted by atomic mass is 10.0. The van der Waals surface area contributed by atoms with Crippen LogP contribution in [0.15, 0.2) is 40.9 Å². The van der Waals surface area contributed by atoms with Crippen LogP contribution in [0.3, 0.4) is 0 Å². The maximum atomic E-state index is 5.04. The molecule has 0 saturated carbocycles. The number of anilines is 4. The van der Waals surface area contributed by atoms with Crippen molar-refractivity contribution in [1.29, 1.82) is 0 Å². The Labute approximate surface area is 141 Å². The Morgan fingerprint density at radius 1 is 0.917 bits per heavy atom. The topological polar surface area (TPSA) is 75.9 Å². The minimum absolute atomic E-state index is 0.476. The van der Waals surface area contributed by atoms with Crippen LogP contribution in [0.25, 0.3) is 0 Å². The van der Waals surface area contributed by atoms with Gasteiger partial charge in [-0.05, 0) is 37.5 Å². The summed E-state index contributed by atoms with van der Waals surface area (Å²) in [6, 6.07) is 12.1. The molecule has 3 aromatic rings. The standard InChI is InChI=1S/C18H21N5O/c1-11(2)14-5-7-15(8-6-14)20-16-9-12(3)19-18(21-16)22-17-10-13(4)24-23-17/h5-11H,1-4H3,(H2,19,20,21,22,23). The first-order valence-electron chi connectivity index (χ1n) is 7.92. The number of aryl methyl sites for hydroxylation is 2. The number of hydrogen-bond acceptors (Lipinski definition) is 6. The third-order valence-corrected chi connectivity index (χ3v) is 3.57. The average molecular weight is 323 g/mol. The van der Waals surface area contributed by atoms with Gasteiger partial charge in [0, 0.05) is 23.5 Å². The van der Waals surface area contributed by atoms with Crippen molar-refractivity contribution in [3.63, 3.8) is 0 Å². The highest BCUT2D eigenvalue weighted by Gasteiger charge is 2.06. The zero-order valence-electron chi connectivity index (χ0n) is 14.3. The molecule has 0 aliphatic heterocycles. The molecule has 0 aliphatic carbocycles. The second kappa shape index (κ2) is 6.70. The quantitative estimate of drug-likeness (QED) is 0.709. The summed E-state index contributed by atoms with van der Waals surface area (Å²) in [5, 5.41) is 10.3. The first-order chi connectivity index (χ1) is 11.5. The molecule has 2 aromatic heterocycles. The van der Waals surface area contributed by atoms with Crippen LogP contribution in [0, 0.1) is 13.8 Å². The molecule has 3 rings (SSSR count). The summed E-state index contributed by atoms with van der Waals surface area (Å²) in [6.07, 6.45) is 0. The maximum absolute atomic E-state index is 5.04.